The predicted octanol–water partition coefficient (Wildman–Crippen LogP) is 0.528. The summed E-state index contributed by atoms with van der Waals surface area (Å²) in [6.07, 6.45) is 0. The normalized spacial score (nSPS) is 9.55. The summed E-state index contributed by atoms with van der Waals surface area (Å²) in [5.74, 6) is -0.907. The minimum absolute atomic E-state index is 0.174. The Morgan fingerprint density at radius 2 is 2.18 bits per heavy atom. The number of rotatable bonds is 1. The minimum atomic E-state index is -0.907. The summed E-state index contributed by atoms with van der Waals surface area (Å²) in [7, 11) is 5.17. The van der Waals surface area contributed by atoms with Crippen LogP contribution in [0.3, 0.4) is 0 Å². The summed E-state index contributed by atoms with van der Waals surface area (Å²) in [6.45, 7) is 0. The highest BCUT2D eigenvalue weighted by atomic mass is 19.1. The van der Waals surface area contributed by atoms with Crippen molar-refractivity contribution in [2.75, 3.05) is 0 Å². The highest BCUT2D eigenvalue weighted by molar-refractivity contribution is 6.32. The molecule has 0 aliphatic carbocycles. The molecule has 1 rings (SSSR count). The first-order valence-electron chi connectivity index (χ1n) is 2.80. The van der Waals surface area contributed by atoms with Crippen molar-refractivity contribution >= 4 is 19.0 Å². The lowest BCUT2D eigenvalue weighted by atomic mass is 9.96. The highest BCUT2D eigenvalue weighted by Gasteiger charge is 2.11. The smallest absolute Gasteiger partial charge is 0.258 e. The second-order valence-corrected chi connectivity index (χ2v) is 1.97. The van der Waals surface area contributed by atoms with E-state index in [9.17, 15) is 14.5 Å². The molecule has 1 aromatic rings. The van der Waals surface area contributed by atoms with Crippen LogP contribution in [0.4, 0.5) is 10.1 Å². The Kier molecular flexibility index (Phi) is 1.89. The first kappa shape index (κ1) is 7.72. The average Bonchev–Trinajstić information content (AvgIpc) is 1.85. The molecule has 0 saturated carbocycles. The van der Waals surface area contributed by atoms with Gasteiger partial charge in [0.25, 0.3) is 0 Å². The molecular formula is C6H3BFNO2. The lowest BCUT2D eigenvalue weighted by Gasteiger charge is -1.93. The van der Waals surface area contributed by atoms with Gasteiger partial charge in [0.2, 0.25) is 0 Å². The lowest BCUT2D eigenvalue weighted by Crippen LogP contribution is -2.04. The monoisotopic (exact) mass is 151 g/mol. The molecule has 0 fully saturated rings. The molecule has 0 aromatic heterocycles. The molecular weight excluding hydrogens is 148 g/mol. The van der Waals surface area contributed by atoms with Gasteiger partial charge >= 0.3 is 5.69 Å². The van der Waals surface area contributed by atoms with E-state index in [0.29, 0.717) is 0 Å². The fourth-order valence-corrected chi connectivity index (χ4v) is 0.671. The first-order chi connectivity index (χ1) is 5.11. The number of benzene rings is 1. The zero-order valence-corrected chi connectivity index (χ0v) is 5.45. The number of nitro benzene ring substituents is 1. The van der Waals surface area contributed by atoms with Crippen LogP contribution in [-0.4, -0.2) is 12.8 Å². The number of hydrogen-bond acceptors (Lipinski definition) is 2. The van der Waals surface area contributed by atoms with E-state index >= 15 is 0 Å². The molecule has 1 aromatic carbocycles. The maximum absolute atomic E-state index is 12.6. The Labute approximate surface area is 63.4 Å². The molecule has 0 atom stereocenters. The van der Waals surface area contributed by atoms with Crippen molar-refractivity contribution in [2.24, 2.45) is 0 Å². The van der Waals surface area contributed by atoms with Crippen LogP contribution in [0.2, 0.25) is 0 Å². The van der Waals surface area contributed by atoms with Crippen molar-refractivity contribution in [2.45, 2.75) is 0 Å². The van der Waals surface area contributed by atoms with E-state index in [0.717, 1.165) is 12.1 Å². The molecule has 3 nitrogen and oxygen atoms in total. The minimum Gasteiger partial charge on any atom is -0.258 e. The molecule has 5 heteroatoms. The van der Waals surface area contributed by atoms with Crippen molar-refractivity contribution in [1.29, 1.82) is 0 Å². The van der Waals surface area contributed by atoms with Gasteiger partial charge in [0.05, 0.1) is 4.92 Å². The molecule has 0 unspecified atom stereocenters. The van der Waals surface area contributed by atoms with E-state index in [-0.39, 0.29) is 5.46 Å². The Bertz CT molecular complexity index is 303. The summed E-state index contributed by atoms with van der Waals surface area (Å²) in [5.41, 5.74) is -0.382. The van der Waals surface area contributed by atoms with Gasteiger partial charge in [0, 0.05) is 6.07 Å². The van der Waals surface area contributed by atoms with Crippen LogP contribution in [0.25, 0.3) is 0 Å². The van der Waals surface area contributed by atoms with Crippen LogP contribution >= 0.6 is 0 Å². The third-order valence-corrected chi connectivity index (χ3v) is 1.17. The summed E-state index contributed by atoms with van der Waals surface area (Å²) in [5, 5.41) is 10.1. The molecule has 0 heterocycles. The van der Waals surface area contributed by atoms with Crippen LogP contribution < -0.4 is 5.46 Å². The van der Waals surface area contributed by atoms with Crippen molar-refractivity contribution < 1.29 is 9.31 Å². The number of hydrogen-bond donors (Lipinski definition) is 0. The molecule has 0 bridgehead atoms. The molecule has 54 valence electrons. The van der Waals surface area contributed by atoms with Gasteiger partial charge in [-0.1, -0.05) is 11.5 Å². The number of halogens is 1. The Morgan fingerprint density at radius 3 is 2.64 bits per heavy atom. The molecule has 0 saturated heterocycles. The third-order valence-electron chi connectivity index (χ3n) is 1.17. The van der Waals surface area contributed by atoms with Gasteiger partial charge in [-0.2, -0.15) is 4.39 Å². The summed E-state index contributed by atoms with van der Waals surface area (Å²) in [4.78, 5) is 9.26. The fourth-order valence-electron chi connectivity index (χ4n) is 0.671. The van der Waals surface area contributed by atoms with Gasteiger partial charge in [0.1, 0.15) is 7.85 Å². The van der Waals surface area contributed by atoms with E-state index < -0.39 is 16.4 Å². The van der Waals surface area contributed by atoms with Crippen LogP contribution in [0, 0.1) is 15.9 Å². The van der Waals surface area contributed by atoms with Gasteiger partial charge in [-0.15, -0.1) is 0 Å². The Balaban J connectivity index is 3.20. The maximum atomic E-state index is 12.6. The van der Waals surface area contributed by atoms with Gasteiger partial charge in [-0.25, -0.2) is 0 Å². The molecule has 0 aliphatic heterocycles. The van der Waals surface area contributed by atoms with Crippen LogP contribution in [0.15, 0.2) is 18.2 Å². The summed E-state index contributed by atoms with van der Waals surface area (Å²) in [6, 6.07) is 3.23. The van der Waals surface area contributed by atoms with Gasteiger partial charge in [0.15, 0.2) is 5.82 Å². The molecule has 11 heavy (non-hydrogen) atoms. The van der Waals surface area contributed by atoms with Crippen LogP contribution in [0.5, 0.6) is 0 Å². The number of nitro groups is 1. The SMILES string of the molecule is [B]c1ccc([N+](=O)[O-])c(F)c1. The maximum Gasteiger partial charge on any atom is 0.304 e. The van der Waals surface area contributed by atoms with Crippen molar-refractivity contribution in [3.63, 3.8) is 0 Å². The average molecular weight is 151 g/mol. The van der Waals surface area contributed by atoms with E-state index in [1.807, 2.05) is 0 Å². The van der Waals surface area contributed by atoms with E-state index in [4.69, 9.17) is 7.85 Å². The molecule has 0 amide bonds. The lowest BCUT2D eigenvalue weighted by molar-refractivity contribution is -0.387. The zero-order chi connectivity index (χ0) is 8.43. The van der Waals surface area contributed by atoms with Crippen LogP contribution in [0.1, 0.15) is 0 Å². The fraction of sp³-hybridized carbons (Fsp3) is 0. The Morgan fingerprint density at radius 1 is 1.55 bits per heavy atom. The molecule has 2 radical (unpaired) electrons. The van der Waals surface area contributed by atoms with E-state index in [1.54, 1.807) is 0 Å². The second-order valence-electron chi connectivity index (χ2n) is 1.97. The standard InChI is InChI=1S/C6H3BFNO2/c7-4-1-2-6(9(10)11)5(8)3-4/h1-3H. The first-order valence-corrected chi connectivity index (χ1v) is 2.80. The second kappa shape index (κ2) is 2.69. The summed E-state index contributed by atoms with van der Waals surface area (Å²) >= 11 is 0. The predicted molar refractivity (Wildman–Crippen MR) is 38.4 cm³/mol. The van der Waals surface area contributed by atoms with Crippen molar-refractivity contribution in [3.05, 3.63) is 34.1 Å². The van der Waals surface area contributed by atoms with Crippen molar-refractivity contribution in [1.82, 2.24) is 0 Å². The quantitative estimate of drug-likeness (QED) is 0.333. The van der Waals surface area contributed by atoms with E-state index in [2.05, 4.69) is 0 Å². The van der Waals surface area contributed by atoms with Crippen LogP contribution in [-0.2, 0) is 0 Å². The Hall–Kier alpha value is -1.39. The van der Waals surface area contributed by atoms with Gasteiger partial charge in [-0.05, 0) is 6.07 Å². The molecule has 0 N–H and O–H groups in total. The van der Waals surface area contributed by atoms with Crippen molar-refractivity contribution in [3.8, 4) is 0 Å². The number of nitrogens with zero attached hydrogens (tertiary/aromatic N) is 1. The zero-order valence-electron chi connectivity index (χ0n) is 5.45. The topological polar surface area (TPSA) is 43.1 Å². The third kappa shape index (κ3) is 1.55. The van der Waals surface area contributed by atoms with Gasteiger partial charge < -0.3 is 0 Å². The highest BCUT2D eigenvalue weighted by Crippen LogP contribution is 2.13. The molecule has 0 spiro atoms. The molecule has 0 aliphatic rings. The largest absolute Gasteiger partial charge is 0.304 e. The van der Waals surface area contributed by atoms with Gasteiger partial charge in [-0.3, -0.25) is 10.1 Å². The van der Waals surface area contributed by atoms with E-state index in [1.165, 1.54) is 6.07 Å². The summed E-state index contributed by atoms with van der Waals surface area (Å²) < 4.78 is 12.6.